The van der Waals surface area contributed by atoms with Crippen LogP contribution in [0, 0.1) is 5.82 Å². The standard InChI is InChI=1S/C20H22BrFN2O3/c1-3-23-20(26)14(2)24(12-15-6-4-5-7-18(15)22)19(25)13-27-17-10-8-16(21)9-11-17/h4-11,14H,3,12-13H2,1-2H3,(H,23,26)/t14-/m0/s1. The number of hydrogen-bond acceptors (Lipinski definition) is 3. The highest BCUT2D eigenvalue weighted by atomic mass is 79.9. The third-order valence-electron chi connectivity index (χ3n) is 3.99. The SMILES string of the molecule is CCNC(=O)[C@H](C)N(Cc1ccccc1F)C(=O)COc1ccc(Br)cc1. The van der Waals surface area contributed by atoms with Gasteiger partial charge in [0.1, 0.15) is 17.6 Å². The van der Waals surface area contributed by atoms with Crippen LogP contribution in [-0.4, -0.2) is 35.9 Å². The fourth-order valence-electron chi connectivity index (χ4n) is 2.47. The van der Waals surface area contributed by atoms with Gasteiger partial charge >= 0.3 is 0 Å². The number of ether oxygens (including phenoxy) is 1. The molecule has 0 aromatic heterocycles. The Hall–Kier alpha value is -2.41. The molecular weight excluding hydrogens is 415 g/mol. The zero-order valence-corrected chi connectivity index (χ0v) is 16.8. The molecule has 1 atom stereocenters. The van der Waals surface area contributed by atoms with Gasteiger partial charge in [0.05, 0.1) is 0 Å². The van der Waals surface area contributed by atoms with Gasteiger partial charge in [-0.2, -0.15) is 0 Å². The quantitative estimate of drug-likeness (QED) is 0.688. The van der Waals surface area contributed by atoms with E-state index in [0.717, 1.165) is 4.47 Å². The number of nitrogens with one attached hydrogen (secondary N) is 1. The average molecular weight is 437 g/mol. The second-order valence-electron chi connectivity index (χ2n) is 5.93. The number of likely N-dealkylation sites (N-methyl/N-ethyl adjacent to an activating group) is 1. The Morgan fingerprint density at radius 2 is 1.85 bits per heavy atom. The largest absolute Gasteiger partial charge is 0.484 e. The second kappa shape index (κ2) is 10.1. The smallest absolute Gasteiger partial charge is 0.261 e. The zero-order valence-electron chi connectivity index (χ0n) is 15.2. The van der Waals surface area contributed by atoms with E-state index in [0.29, 0.717) is 17.9 Å². The predicted octanol–water partition coefficient (Wildman–Crippen LogP) is 3.52. The van der Waals surface area contributed by atoms with Crippen molar-refractivity contribution in [1.29, 1.82) is 0 Å². The maximum absolute atomic E-state index is 14.0. The fraction of sp³-hybridized carbons (Fsp3) is 0.300. The average Bonchev–Trinajstić information content (AvgIpc) is 2.66. The molecule has 2 rings (SSSR count). The summed E-state index contributed by atoms with van der Waals surface area (Å²) >= 11 is 3.33. The number of benzene rings is 2. The molecule has 0 fully saturated rings. The first-order valence-electron chi connectivity index (χ1n) is 8.61. The third kappa shape index (κ3) is 6.06. The number of carbonyl (C=O) groups is 2. The molecule has 0 unspecified atom stereocenters. The van der Waals surface area contributed by atoms with Gasteiger partial charge in [-0.1, -0.05) is 34.1 Å². The highest BCUT2D eigenvalue weighted by Crippen LogP contribution is 2.17. The van der Waals surface area contributed by atoms with Crippen LogP contribution in [0.25, 0.3) is 0 Å². The summed E-state index contributed by atoms with van der Waals surface area (Å²) in [7, 11) is 0. The van der Waals surface area contributed by atoms with Crippen molar-refractivity contribution in [3.05, 3.63) is 64.4 Å². The minimum absolute atomic E-state index is 0.0203. The van der Waals surface area contributed by atoms with Crippen LogP contribution in [0.2, 0.25) is 0 Å². The van der Waals surface area contributed by atoms with Crippen molar-refractivity contribution < 1.29 is 18.7 Å². The van der Waals surface area contributed by atoms with Crippen LogP contribution in [0.1, 0.15) is 19.4 Å². The molecule has 5 nitrogen and oxygen atoms in total. The lowest BCUT2D eigenvalue weighted by molar-refractivity contribution is -0.142. The summed E-state index contributed by atoms with van der Waals surface area (Å²) in [6.45, 7) is 3.58. The van der Waals surface area contributed by atoms with E-state index in [1.54, 1.807) is 56.3 Å². The highest BCUT2D eigenvalue weighted by Gasteiger charge is 2.26. The van der Waals surface area contributed by atoms with Gasteiger partial charge in [-0.25, -0.2) is 4.39 Å². The number of carbonyl (C=O) groups excluding carboxylic acids is 2. The van der Waals surface area contributed by atoms with Crippen molar-refractivity contribution in [2.24, 2.45) is 0 Å². The molecule has 1 N–H and O–H groups in total. The Morgan fingerprint density at radius 1 is 1.19 bits per heavy atom. The summed E-state index contributed by atoms with van der Waals surface area (Å²) in [6.07, 6.45) is 0. The van der Waals surface area contributed by atoms with E-state index in [1.807, 2.05) is 0 Å². The summed E-state index contributed by atoms with van der Waals surface area (Å²) in [6, 6.07) is 12.5. The van der Waals surface area contributed by atoms with Crippen LogP contribution in [0.5, 0.6) is 5.75 Å². The van der Waals surface area contributed by atoms with E-state index in [4.69, 9.17) is 4.74 Å². The maximum atomic E-state index is 14.0. The molecule has 0 aliphatic rings. The molecule has 0 aliphatic carbocycles. The van der Waals surface area contributed by atoms with Gasteiger partial charge in [0, 0.05) is 23.1 Å². The minimum atomic E-state index is -0.759. The van der Waals surface area contributed by atoms with Gasteiger partial charge in [-0.15, -0.1) is 0 Å². The first kappa shape index (κ1) is 20.9. The molecule has 0 heterocycles. The van der Waals surface area contributed by atoms with Crippen molar-refractivity contribution in [2.45, 2.75) is 26.4 Å². The Bertz CT molecular complexity index is 783. The van der Waals surface area contributed by atoms with E-state index >= 15 is 0 Å². The van der Waals surface area contributed by atoms with Crippen LogP contribution in [0.3, 0.4) is 0 Å². The van der Waals surface area contributed by atoms with Crippen molar-refractivity contribution in [1.82, 2.24) is 10.2 Å². The van der Waals surface area contributed by atoms with Crippen LogP contribution in [0.15, 0.2) is 53.0 Å². The van der Waals surface area contributed by atoms with Gasteiger partial charge in [-0.05, 0) is 44.2 Å². The monoisotopic (exact) mass is 436 g/mol. The highest BCUT2D eigenvalue weighted by molar-refractivity contribution is 9.10. The molecule has 2 aromatic rings. The molecule has 2 aromatic carbocycles. The van der Waals surface area contributed by atoms with E-state index < -0.39 is 17.8 Å². The Balaban J connectivity index is 2.14. The van der Waals surface area contributed by atoms with Crippen molar-refractivity contribution in [3.63, 3.8) is 0 Å². The van der Waals surface area contributed by atoms with Gasteiger partial charge < -0.3 is 15.0 Å². The summed E-state index contributed by atoms with van der Waals surface area (Å²) in [5.41, 5.74) is 0.339. The number of rotatable bonds is 8. The number of halogens is 2. The minimum Gasteiger partial charge on any atom is -0.484 e. The molecule has 0 spiro atoms. The molecular formula is C20H22BrFN2O3. The molecule has 7 heteroatoms. The summed E-state index contributed by atoms with van der Waals surface area (Å²) in [5, 5.41) is 2.69. The van der Waals surface area contributed by atoms with Crippen LogP contribution in [0.4, 0.5) is 4.39 Å². The molecule has 0 saturated carbocycles. The predicted molar refractivity (Wildman–Crippen MR) is 105 cm³/mol. The molecule has 0 saturated heterocycles. The van der Waals surface area contributed by atoms with Crippen LogP contribution in [-0.2, 0) is 16.1 Å². The van der Waals surface area contributed by atoms with E-state index in [-0.39, 0.29) is 19.1 Å². The first-order chi connectivity index (χ1) is 12.9. The fourth-order valence-corrected chi connectivity index (χ4v) is 2.74. The summed E-state index contributed by atoms with van der Waals surface area (Å²) < 4.78 is 20.5. The van der Waals surface area contributed by atoms with Crippen LogP contribution < -0.4 is 10.1 Å². The lowest BCUT2D eigenvalue weighted by Crippen LogP contribution is -2.49. The lowest BCUT2D eigenvalue weighted by atomic mass is 10.1. The van der Waals surface area contributed by atoms with Crippen molar-refractivity contribution >= 4 is 27.7 Å². The molecule has 0 radical (unpaired) electrons. The number of nitrogens with zero attached hydrogens (tertiary/aromatic N) is 1. The van der Waals surface area contributed by atoms with E-state index in [2.05, 4.69) is 21.2 Å². The zero-order chi connectivity index (χ0) is 19.8. The normalized spacial score (nSPS) is 11.6. The molecule has 0 aliphatic heterocycles. The van der Waals surface area contributed by atoms with Gasteiger partial charge in [0.2, 0.25) is 5.91 Å². The molecule has 144 valence electrons. The molecule has 0 bridgehead atoms. The number of amides is 2. The van der Waals surface area contributed by atoms with Gasteiger partial charge in [-0.3, -0.25) is 9.59 Å². The van der Waals surface area contributed by atoms with Gasteiger partial charge in [0.25, 0.3) is 5.91 Å². The topological polar surface area (TPSA) is 58.6 Å². The van der Waals surface area contributed by atoms with Crippen molar-refractivity contribution in [2.75, 3.05) is 13.2 Å². The Morgan fingerprint density at radius 3 is 2.48 bits per heavy atom. The lowest BCUT2D eigenvalue weighted by Gasteiger charge is -2.28. The number of hydrogen-bond donors (Lipinski definition) is 1. The molecule has 2 amide bonds. The van der Waals surface area contributed by atoms with Crippen LogP contribution >= 0.6 is 15.9 Å². The Labute approximate surface area is 166 Å². The van der Waals surface area contributed by atoms with E-state index in [1.165, 1.54) is 11.0 Å². The third-order valence-corrected chi connectivity index (χ3v) is 4.52. The van der Waals surface area contributed by atoms with Gasteiger partial charge in [0.15, 0.2) is 6.61 Å². The second-order valence-corrected chi connectivity index (χ2v) is 6.84. The first-order valence-corrected chi connectivity index (χ1v) is 9.40. The summed E-state index contributed by atoms with van der Waals surface area (Å²) in [4.78, 5) is 26.3. The molecule has 27 heavy (non-hydrogen) atoms. The summed E-state index contributed by atoms with van der Waals surface area (Å²) in [5.74, 6) is -0.596. The van der Waals surface area contributed by atoms with Crippen molar-refractivity contribution in [3.8, 4) is 5.75 Å². The Kier molecular flexibility index (Phi) is 7.79. The maximum Gasteiger partial charge on any atom is 0.261 e. The van der Waals surface area contributed by atoms with E-state index in [9.17, 15) is 14.0 Å².